The molecule has 0 unspecified atom stereocenters. The maximum absolute atomic E-state index is 11.6. The Morgan fingerprint density at radius 1 is 1.09 bits per heavy atom. The van der Waals surface area contributed by atoms with E-state index in [0.29, 0.717) is 23.9 Å². The van der Waals surface area contributed by atoms with Crippen LogP contribution in [0.1, 0.15) is 65.2 Å². The lowest BCUT2D eigenvalue weighted by molar-refractivity contribution is -0.154. The molecule has 174 valence electrons. The molecular formula is C27H35BrO4. The van der Waals surface area contributed by atoms with Crippen LogP contribution < -0.4 is 4.74 Å². The van der Waals surface area contributed by atoms with Crippen LogP contribution in [0.4, 0.5) is 0 Å². The lowest BCUT2D eigenvalue weighted by Crippen LogP contribution is -2.64. The molecule has 1 aromatic carbocycles. The summed E-state index contributed by atoms with van der Waals surface area (Å²) in [5, 5.41) is 0. The number of hydrogen-bond donors (Lipinski definition) is 0. The highest BCUT2D eigenvalue weighted by Crippen LogP contribution is 2.72. The van der Waals surface area contributed by atoms with E-state index in [2.05, 4.69) is 53.2 Å². The molecule has 5 fully saturated rings. The third kappa shape index (κ3) is 2.92. The normalized spacial score (nSPS) is 49.0. The number of halogens is 1. The number of para-hydroxylation sites is 1. The number of carbonyl (C=O) groups is 1. The van der Waals surface area contributed by atoms with Crippen molar-refractivity contribution in [3.05, 3.63) is 30.3 Å². The SMILES string of the molecule is CC(=O)O[C@H]1CC[C@]23CO[C@H](C[C@H]4[C@@H]5CC[C@H](Oc6ccccc6)[C@@]5(C)CC[C@@H]42)[C@]3(Br)C1. The number of alkyl halides is 1. The van der Waals surface area contributed by atoms with Crippen molar-refractivity contribution in [2.75, 3.05) is 6.61 Å². The van der Waals surface area contributed by atoms with Crippen LogP contribution >= 0.6 is 15.9 Å². The monoisotopic (exact) mass is 502 g/mol. The Hall–Kier alpha value is -1.07. The van der Waals surface area contributed by atoms with Crippen molar-refractivity contribution in [2.45, 2.75) is 87.9 Å². The minimum atomic E-state index is -0.159. The van der Waals surface area contributed by atoms with Crippen molar-refractivity contribution in [1.82, 2.24) is 0 Å². The summed E-state index contributed by atoms with van der Waals surface area (Å²) in [7, 11) is 0. The number of ether oxygens (including phenoxy) is 3. The Bertz CT molecular complexity index is 891. The predicted octanol–water partition coefficient (Wildman–Crippen LogP) is 5.91. The molecule has 5 aliphatic rings. The van der Waals surface area contributed by atoms with Gasteiger partial charge in [0.25, 0.3) is 0 Å². The van der Waals surface area contributed by atoms with E-state index in [-0.39, 0.29) is 33.3 Å². The second-order valence-electron chi connectivity index (χ2n) is 11.4. The van der Waals surface area contributed by atoms with Crippen molar-refractivity contribution in [2.24, 2.45) is 28.6 Å². The Balaban J connectivity index is 1.26. The van der Waals surface area contributed by atoms with Gasteiger partial charge in [0.15, 0.2) is 0 Å². The number of rotatable bonds is 3. The molecule has 32 heavy (non-hydrogen) atoms. The lowest BCUT2D eigenvalue weighted by Gasteiger charge is -2.62. The van der Waals surface area contributed by atoms with Gasteiger partial charge in [-0.2, -0.15) is 0 Å². The largest absolute Gasteiger partial charge is 0.490 e. The van der Waals surface area contributed by atoms with Gasteiger partial charge in [0, 0.05) is 24.2 Å². The van der Waals surface area contributed by atoms with Crippen LogP contribution in [0.5, 0.6) is 5.75 Å². The molecule has 1 heterocycles. The van der Waals surface area contributed by atoms with Gasteiger partial charge in [0.1, 0.15) is 18.0 Å². The summed E-state index contributed by atoms with van der Waals surface area (Å²) >= 11 is 4.25. The van der Waals surface area contributed by atoms with E-state index in [0.717, 1.165) is 44.5 Å². The highest BCUT2D eigenvalue weighted by Gasteiger charge is 2.72. The standard InChI is InChI=1S/C27H35BrO4/c1-17(29)31-19-10-13-26-16-30-24(27(26,28)15-19)14-20-21-8-9-23(25(21,2)12-11-22(20)26)32-18-6-4-3-5-7-18/h3-7,19-24H,8-16H2,1-2H3/t19-,20-,21-,22-,23-,24+,25-,26-,27+/m0/s1. The third-order valence-electron chi connectivity index (χ3n) is 10.2. The fourth-order valence-electron chi connectivity index (χ4n) is 8.84. The molecule has 5 heteroatoms. The smallest absolute Gasteiger partial charge is 0.302 e. The van der Waals surface area contributed by atoms with Crippen LogP contribution in [-0.4, -0.2) is 35.2 Å². The van der Waals surface area contributed by atoms with Crippen molar-refractivity contribution < 1.29 is 19.0 Å². The third-order valence-corrected chi connectivity index (χ3v) is 11.8. The van der Waals surface area contributed by atoms with E-state index in [1.807, 2.05) is 0 Å². The molecule has 1 aliphatic heterocycles. The summed E-state index contributed by atoms with van der Waals surface area (Å²) < 4.78 is 18.8. The molecule has 4 nitrogen and oxygen atoms in total. The van der Waals surface area contributed by atoms with Gasteiger partial charge >= 0.3 is 5.97 Å². The van der Waals surface area contributed by atoms with Crippen LogP contribution in [0.15, 0.2) is 30.3 Å². The Labute approximate surface area is 199 Å². The molecule has 0 spiro atoms. The minimum Gasteiger partial charge on any atom is -0.490 e. The van der Waals surface area contributed by atoms with Gasteiger partial charge in [0.05, 0.1) is 17.0 Å². The molecule has 1 saturated heterocycles. The maximum atomic E-state index is 11.6. The molecule has 0 aromatic heterocycles. The van der Waals surface area contributed by atoms with Gasteiger partial charge in [-0.05, 0) is 74.8 Å². The van der Waals surface area contributed by atoms with E-state index in [1.165, 1.54) is 26.2 Å². The van der Waals surface area contributed by atoms with E-state index in [4.69, 9.17) is 14.2 Å². The van der Waals surface area contributed by atoms with Gasteiger partial charge in [-0.1, -0.05) is 41.1 Å². The quantitative estimate of drug-likeness (QED) is 0.380. The van der Waals surface area contributed by atoms with Crippen LogP contribution in [0, 0.1) is 28.6 Å². The van der Waals surface area contributed by atoms with Gasteiger partial charge in [-0.3, -0.25) is 4.79 Å². The maximum Gasteiger partial charge on any atom is 0.302 e. The Morgan fingerprint density at radius 3 is 2.69 bits per heavy atom. The average Bonchev–Trinajstić information content (AvgIpc) is 3.16. The highest BCUT2D eigenvalue weighted by atomic mass is 79.9. The van der Waals surface area contributed by atoms with Gasteiger partial charge in [0.2, 0.25) is 0 Å². The fraction of sp³-hybridized carbons (Fsp3) is 0.741. The Morgan fingerprint density at radius 2 is 1.91 bits per heavy atom. The van der Waals surface area contributed by atoms with Crippen LogP contribution in [-0.2, 0) is 14.3 Å². The lowest BCUT2D eigenvalue weighted by atomic mass is 9.45. The second-order valence-corrected chi connectivity index (χ2v) is 12.9. The first-order valence-electron chi connectivity index (χ1n) is 12.6. The Kier molecular flexibility index (Phi) is 5.01. The summed E-state index contributed by atoms with van der Waals surface area (Å²) in [4.78, 5) is 11.6. The van der Waals surface area contributed by atoms with E-state index < -0.39 is 0 Å². The number of hydrogen-bond acceptors (Lipinski definition) is 4. The highest BCUT2D eigenvalue weighted by molar-refractivity contribution is 9.10. The molecule has 1 aromatic rings. The summed E-state index contributed by atoms with van der Waals surface area (Å²) in [6.07, 6.45) is 9.55. The first-order valence-corrected chi connectivity index (χ1v) is 13.3. The molecule has 4 saturated carbocycles. The minimum absolute atomic E-state index is 0.0183. The number of esters is 1. The molecule has 2 bridgehead atoms. The number of fused-ring (bicyclic) bond motifs is 3. The van der Waals surface area contributed by atoms with Crippen molar-refractivity contribution in [3.8, 4) is 5.75 Å². The number of carbonyl (C=O) groups excluding carboxylic acids is 1. The predicted molar refractivity (Wildman–Crippen MR) is 126 cm³/mol. The number of benzene rings is 1. The molecule has 0 radical (unpaired) electrons. The van der Waals surface area contributed by atoms with E-state index >= 15 is 0 Å². The molecule has 9 atom stereocenters. The zero-order chi connectivity index (χ0) is 22.1. The molecule has 6 rings (SSSR count). The summed E-state index contributed by atoms with van der Waals surface area (Å²) in [5.41, 5.74) is 0.422. The first kappa shape index (κ1) is 21.5. The van der Waals surface area contributed by atoms with Crippen LogP contribution in [0.3, 0.4) is 0 Å². The zero-order valence-electron chi connectivity index (χ0n) is 19.2. The summed E-state index contributed by atoms with van der Waals surface area (Å²) in [5.74, 6) is 2.96. The van der Waals surface area contributed by atoms with E-state index in [1.54, 1.807) is 0 Å². The summed E-state index contributed by atoms with van der Waals surface area (Å²) in [6.45, 7) is 4.90. The van der Waals surface area contributed by atoms with Crippen molar-refractivity contribution in [3.63, 3.8) is 0 Å². The molecule has 0 N–H and O–H groups in total. The van der Waals surface area contributed by atoms with Crippen molar-refractivity contribution in [1.29, 1.82) is 0 Å². The van der Waals surface area contributed by atoms with Crippen molar-refractivity contribution >= 4 is 21.9 Å². The topological polar surface area (TPSA) is 44.8 Å². The first-order chi connectivity index (χ1) is 15.4. The van der Waals surface area contributed by atoms with Gasteiger partial charge in [-0.25, -0.2) is 0 Å². The van der Waals surface area contributed by atoms with Crippen LogP contribution in [0.25, 0.3) is 0 Å². The summed E-state index contributed by atoms with van der Waals surface area (Å²) in [6, 6.07) is 10.4. The molecular weight excluding hydrogens is 468 g/mol. The van der Waals surface area contributed by atoms with Gasteiger partial charge in [-0.15, -0.1) is 0 Å². The zero-order valence-corrected chi connectivity index (χ0v) is 20.8. The second kappa shape index (κ2) is 7.46. The molecule has 4 aliphatic carbocycles. The molecule has 0 amide bonds. The fourth-order valence-corrected chi connectivity index (χ4v) is 10.1. The van der Waals surface area contributed by atoms with E-state index in [9.17, 15) is 4.79 Å². The van der Waals surface area contributed by atoms with Crippen LogP contribution in [0.2, 0.25) is 0 Å². The van der Waals surface area contributed by atoms with Gasteiger partial charge < -0.3 is 14.2 Å². The average molecular weight is 503 g/mol.